The molecule has 14 heavy (non-hydrogen) atoms. The summed E-state index contributed by atoms with van der Waals surface area (Å²) in [6, 6.07) is 0. The van der Waals surface area contributed by atoms with E-state index in [9.17, 15) is 8.42 Å². The van der Waals surface area contributed by atoms with E-state index in [0.29, 0.717) is 6.61 Å². The first-order chi connectivity index (χ1) is 6.62. The van der Waals surface area contributed by atoms with Gasteiger partial charge in [-0.3, -0.25) is 4.18 Å². The number of hydrogen-bond acceptors (Lipinski definition) is 3. The molecule has 0 aromatic heterocycles. The van der Waals surface area contributed by atoms with Gasteiger partial charge in [0.15, 0.2) is 0 Å². The van der Waals surface area contributed by atoms with Gasteiger partial charge in [-0.05, 0) is 12.8 Å². The molecule has 0 aliphatic rings. The van der Waals surface area contributed by atoms with Crippen molar-refractivity contribution in [3.05, 3.63) is 0 Å². The zero-order valence-corrected chi connectivity index (χ0v) is 10.1. The third-order valence-electron chi connectivity index (χ3n) is 2.01. The van der Waals surface area contributed by atoms with E-state index in [1.807, 2.05) is 6.92 Å². The normalized spacial score (nSPS) is 11.9. The molecule has 0 radical (unpaired) electrons. The minimum atomic E-state index is -3.23. The van der Waals surface area contributed by atoms with E-state index in [1.165, 1.54) is 0 Å². The molecule has 0 rings (SSSR count). The van der Waals surface area contributed by atoms with Gasteiger partial charge in [0.05, 0.1) is 12.4 Å². The van der Waals surface area contributed by atoms with Crippen molar-refractivity contribution in [3.8, 4) is 0 Å². The molecule has 0 aromatic carbocycles. The van der Waals surface area contributed by atoms with Crippen molar-refractivity contribution in [2.45, 2.75) is 52.4 Å². The maximum atomic E-state index is 11.2. The molecule has 0 aliphatic heterocycles. The standard InChI is InChI=1S/C10H22O3S/c1-3-5-7-8-10-14(11,12)13-9-6-4-2/h3-10H2,1-2H3. The van der Waals surface area contributed by atoms with Crippen LogP contribution in [0.15, 0.2) is 0 Å². The Morgan fingerprint density at radius 2 is 1.57 bits per heavy atom. The van der Waals surface area contributed by atoms with Gasteiger partial charge in [-0.2, -0.15) is 8.42 Å². The summed E-state index contributed by atoms with van der Waals surface area (Å²) in [6.45, 7) is 4.45. The Labute approximate surface area is 88.0 Å². The van der Waals surface area contributed by atoms with Crippen LogP contribution in [-0.4, -0.2) is 20.8 Å². The van der Waals surface area contributed by atoms with Crippen molar-refractivity contribution in [3.63, 3.8) is 0 Å². The van der Waals surface area contributed by atoms with Crippen LogP contribution in [0.5, 0.6) is 0 Å². The second-order valence-electron chi connectivity index (χ2n) is 3.50. The molecule has 4 heteroatoms. The Bertz CT molecular complexity index is 209. The van der Waals surface area contributed by atoms with Crippen LogP contribution >= 0.6 is 0 Å². The Hall–Kier alpha value is -0.0900. The van der Waals surface area contributed by atoms with Gasteiger partial charge in [0.25, 0.3) is 10.1 Å². The van der Waals surface area contributed by atoms with Crippen molar-refractivity contribution in [1.82, 2.24) is 0 Å². The first kappa shape index (κ1) is 13.9. The lowest BCUT2D eigenvalue weighted by molar-refractivity contribution is 0.310. The minimum absolute atomic E-state index is 0.177. The fraction of sp³-hybridized carbons (Fsp3) is 1.00. The fourth-order valence-corrected chi connectivity index (χ4v) is 2.14. The highest BCUT2D eigenvalue weighted by molar-refractivity contribution is 7.86. The lowest BCUT2D eigenvalue weighted by Gasteiger charge is -2.04. The highest BCUT2D eigenvalue weighted by atomic mass is 32.2. The summed E-state index contributed by atoms with van der Waals surface area (Å²) in [6.07, 6.45) is 5.70. The average Bonchev–Trinajstić information content (AvgIpc) is 2.13. The predicted molar refractivity (Wildman–Crippen MR) is 58.8 cm³/mol. The summed E-state index contributed by atoms with van der Waals surface area (Å²) in [4.78, 5) is 0. The zero-order chi connectivity index (χ0) is 10.9. The molecule has 0 fully saturated rings. The maximum absolute atomic E-state index is 11.2. The summed E-state index contributed by atoms with van der Waals surface area (Å²) in [5.41, 5.74) is 0. The van der Waals surface area contributed by atoms with Crippen LogP contribution in [0.25, 0.3) is 0 Å². The van der Waals surface area contributed by atoms with Gasteiger partial charge in [-0.1, -0.05) is 39.5 Å². The van der Waals surface area contributed by atoms with E-state index < -0.39 is 10.1 Å². The lowest BCUT2D eigenvalue weighted by Crippen LogP contribution is -2.11. The molecule has 3 nitrogen and oxygen atoms in total. The van der Waals surface area contributed by atoms with E-state index in [0.717, 1.165) is 38.5 Å². The summed E-state index contributed by atoms with van der Waals surface area (Å²) < 4.78 is 27.3. The molecule has 0 amide bonds. The van der Waals surface area contributed by atoms with Crippen molar-refractivity contribution in [1.29, 1.82) is 0 Å². The van der Waals surface area contributed by atoms with Gasteiger partial charge in [-0.25, -0.2) is 0 Å². The molecule has 0 saturated carbocycles. The maximum Gasteiger partial charge on any atom is 0.267 e. The largest absolute Gasteiger partial charge is 0.270 e. The molecule has 0 aliphatic carbocycles. The highest BCUT2D eigenvalue weighted by Crippen LogP contribution is 2.04. The van der Waals surface area contributed by atoms with Crippen LogP contribution in [0.4, 0.5) is 0 Å². The first-order valence-corrected chi connectivity index (χ1v) is 7.07. The quantitative estimate of drug-likeness (QED) is 0.445. The summed E-state index contributed by atoms with van der Waals surface area (Å²) in [5.74, 6) is 0.177. The first-order valence-electron chi connectivity index (χ1n) is 5.49. The zero-order valence-electron chi connectivity index (χ0n) is 9.29. The molecule has 0 bridgehead atoms. The molecule has 0 saturated heterocycles. The van der Waals surface area contributed by atoms with Gasteiger partial charge in [0.2, 0.25) is 0 Å². The topological polar surface area (TPSA) is 43.4 Å². The van der Waals surface area contributed by atoms with Gasteiger partial charge in [0, 0.05) is 0 Å². The van der Waals surface area contributed by atoms with Crippen molar-refractivity contribution in [2.24, 2.45) is 0 Å². The number of rotatable bonds is 9. The molecule has 86 valence electrons. The predicted octanol–water partition coefficient (Wildman–Crippen LogP) is 2.71. The van der Waals surface area contributed by atoms with Crippen molar-refractivity contribution in [2.75, 3.05) is 12.4 Å². The molecule has 0 atom stereocenters. The van der Waals surface area contributed by atoms with Crippen LogP contribution in [0.2, 0.25) is 0 Å². The van der Waals surface area contributed by atoms with E-state index >= 15 is 0 Å². The Balaban J connectivity index is 3.52. The Kier molecular flexibility index (Phi) is 8.18. The van der Waals surface area contributed by atoms with E-state index in [4.69, 9.17) is 4.18 Å². The van der Waals surface area contributed by atoms with E-state index in [1.54, 1.807) is 0 Å². The second-order valence-corrected chi connectivity index (χ2v) is 5.26. The van der Waals surface area contributed by atoms with Gasteiger partial charge >= 0.3 is 0 Å². The third-order valence-corrected chi connectivity index (χ3v) is 3.32. The molecular weight excluding hydrogens is 200 g/mol. The summed E-state index contributed by atoms with van der Waals surface area (Å²) in [5, 5.41) is 0. The minimum Gasteiger partial charge on any atom is -0.270 e. The molecule has 0 aromatic rings. The Morgan fingerprint density at radius 3 is 2.14 bits per heavy atom. The van der Waals surface area contributed by atoms with Crippen LogP contribution in [0.3, 0.4) is 0 Å². The molecule has 0 heterocycles. The SMILES string of the molecule is CCCCCCS(=O)(=O)OCCCC. The lowest BCUT2D eigenvalue weighted by atomic mass is 10.2. The third kappa shape index (κ3) is 8.51. The van der Waals surface area contributed by atoms with Gasteiger partial charge in [0.1, 0.15) is 0 Å². The number of hydrogen-bond donors (Lipinski definition) is 0. The number of unbranched alkanes of at least 4 members (excludes halogenated alkanes) is 4. The van der Waals surface area contributed by atoms with Crippen LogP contribution in [0, 0.1) is 0 Å². The highest BCUT2D eigenvalue weighted by Gasteiger charge is 2.09. The molecule has 0 unspecified atom stereocenters. The van der Waals surface area contributed by atoms with Crippen molar-refractivity contribution < 1.29 is 12.6 Å². The van der Waals surface area contributed by atoms with Crippen LogP contribution < -0.4 is 0 Å². The van der Waals surface area contributed by atoms with Crippen molar-refractivity contribution >= 4 is 10.1 Å². The summed E-state index contributed by atoms with van der Waals surface area (Å²) in [7, 11) is -3.23. The van der Waals surface area contributed by atoms with Gasteiger partial charge in [-0.15, -0.1) is 0 Å². The van der Waals surface area contributed by atoms with Crippen LogP contribution in [0.1, 0.15) is 52.4 Å². The molecular formula is C10H22O3S. The fourth-order valence-electron chi connectivity index (χ4n) is 1.09. The molecule has 0 spiro atoms. The second kappa shape index (κ2) is 8.24. The summed E-state index contributed by atoms with van der Waals surface area (Å²) >= 11 is 0. The van der Waals surface area contributed by atoms with Gasteiger partial charge < -0.3 is 0 Å². The smallest absolute Gasteiger partial charge is 0.267 e. The van der Waals surface area contributed by atoms with E-state index in [2.05, 4.69) is 6.92 Å². The van der Waals surface area contributed by atoms with E-state index in [-0.39, 0.29) is 5.75 Å². The average molecular weight is 222 g/mol. The monoisotopic (exact) mass is 222 g/mol. The Morgan fingerprint density at radius 1 is 0.929 bits per heavy atom. The van der Waals surface area contributed by atoms with Crippen LogP contribution in [-0.2, 0) is 14.3 Å². The molecule has 0 N–H and O–H groups in total.